The van der Waals surface area contributed by atoms with E-state index >= 15 is 0 Å². The summed E-state index contributed by atoms with van der Waals surface area (Å²) in [7, 11) is 1.74. The van der Waals surface area contributed by atoms with Crippen LogP contribution in [0.1, 0.15) is 31.4 Å². The molecule has 2 rings (SSSR count). The van der Waals surface area contributed by atoms with Gasteiger partial charge in [-0.2, -0.15) is 0 Å². The number of nitrogens with one attached hydrogen (secondary N) is 2. The first-order chi connectivity index (χ1) is 11.5. The maximum absolute atomic E-state index is 13.2. The number of piperidine rings is 1. The zero-order valence-electron chi connectivity index (χ0n) is 14.1. The smallest absolute Gasteiger partial charge is 0.315 e. The van der Waals surface area contributed by atoms with Gasteiger partial charge in [0, 0.05) is 33.3 Å². The monoisotopic (exact) mass is 341 g/mol. The second-order valence-corrected chi connectivity index (χ2v) is 6.07. The van der Waals surface area contributed by atoms with Crippen molar-refractivity contribution in [2.45, 2.75) is 31.9 Å². The summed E-state index contributed by atoms with van der Waals surface area (Å²) in [6.07, 6.45) is 2.36. The molecule has 1 heterocycles. The van der Waals surface area contributed by atoms with Crippen LogP contribution in [-0.2, 0) is 4.74 Å². The van der Waals surface area contributed by atoms with Crippen LogP contribution in [0.3, 0.4) is 0 Å². The number of nitrogens with zero attached hydrogens (tertiary/aromatic N) is 1. The van der Waals surface area contributed by atoms with Crippen molar-refractivity contribution in [1.82, 2.24) is 15.5 Å². The van der Waals surface area contributed by atoms with Gasteiger partial charge in [0.1, 0.15) is 0 Å². The number of rotatable bonds is 6. The van der Waals surface area contributed by atoms with E-state index in [4.69, 9.17) is 4.74 Å². The van der Waals surface area contributed by atoms with Crippen molar-refractivity contribution in [3.05, 3.63) is 35.4 Å². The Kier molecular flexibility index (Phi) is 6.93. The second kappa shape index (κ2) is 8.94. The normalized spacial score (nSPS) is 17.5. The van der Waals surface area contributed by atoms with Gasteiger partial charge >= 0.3 is 6.03 Å². The zero-order valence-corrected chi connectivity index (χ0v) is 14.1. The first kappa shape index (κ1) is 18.6. The SMILES string of the molecule is COC1CCN(CCNC(=O)N[C@H](C)c2ccc(F)c(F)c2)CC1. The molecule has 0 spiro atoms. The minimum Gasteiger partial charge on any atom is -0.381 e. The number of halogens is 2. The molecule has 1 aromatic carbocycles. The van der Waals surface area contributed by atoms with E-state index in [0.717, 1.165) is 44.6 Å². The maximum atomic E-state index is 13.2. The van der Waals surface area contributed by atoms with Gasteiger partial charge in [-0.15, -0.1) is 0 Å². The fourth-order valence-corrected chi connectivity index (χ4v) is 2.81. The number of methoxy groups -OCH3 is 1. The van der Waals surface area contributed by atoms with Gasteiger partial charge in [-0.1, -0.05) is 6.07 Å². The molecule has 2 amide bonds. The van der Waals surface area contributed by atoms with Gasteiger partial charge in [0.2, 0.25) is 0 Å². The Hall–Kier alpha value is -1.73. The summed E-state index contributed by atoms with van der Waals surface area (Å²) in [6, 6.07) is 2.89. The number of likely N-dealkylation sites (tertiary alicyclic amines) is 1. The van der Waals surface area contributed by atoms with Crippen LogP contribution in [0.2, 0.25) is 0 Å². The predicted octanol–water partition coefficient (Wildman–Crippen LogP) is 2.44. The average Bonchev–Trinajstić information content (AvgIpc) is 2.58. The fraction of sp³-hybridized carbons (Fsp3) is 0.588. The van der Waals surface area contributed by atoms with E-state index in [1.807, 2.05) is 0 Å². The van der Waals surface area contributed by atoms with Gasteiger partial charge in [0.05, 0.1) is 12.1 Å². The number of hydrogen-bond donors (Lipinski definition) is 2. The summed E-state index contributed by atoms with van der Waals surface area (Å²) in [4.78, 5) is 14.2. The molecule has 0 aliphatic carbocycles. The van der Waals surface area contributed by atoms with Crippen LogP contribution >= 0.6 is 0 Å². The number of ether oxygens (including phenoxy) is 1. The summed E-state index contributed by atoms with van der Waals surface area (Å²) < 4.78 is 31.5. The van der Waals surface area contributed by atoms with E-state index in [1.54, 1.807) is 14.0 Å². The summed E-state index contributed by atoms with van der Waals surface area (Å²) in [5.74, 6) is -1.81. The number of amides is 2. The van der Waals surface area contributed by atoms with Crippen LogP contribution in [0.25, 0.3) is 0 Å². The van der Waals surface area contributed by atoms with Crippen molar-refractivity contribution < 1.29 is 18.3 Å². The molecule has 0 aromatic heterocycles. The zero-order chi connectivity index (χ0) is 17.5. The Morgan fingerprint density at radius 1 is 1.33 bits per heavy atom. The maximum Gasteiger partial charge on any atom is 0.315 e. The molecule has 5 nitrogen and oxygen atoms in total. The topological polar surface area (TPSA) is 53.6 Å². The molecule has 7 heteroatoms. The van der Waals surface area contributed by atoms with Crippen LogP contribution in [0, 0.1) is 11.6 Å². The standard InChI is InChI=1S/C17H25F2N3O2/c1-12(13-3-4-15(18)16(19)11-13)21-17(23)20-7-10-22-8-5-14(24-2)6-9-22/h3-4,11-12,14H,5-10H2,1-2H3,(H2,20,21,23)/t12-/m1/s1. The summed E-state index contributed by atoms with van der Waals surface area (Å²) >= 11 is 0. The molecule has 1 aromatic rings. The summed E-state index contributed by atoms with van der Waals surface area (Å²) in [5.41, 5.74) is 0.519. The molecular formula is C17H25F2N3O2. The lowest BCUT2D eigenvalue weighted by atomic mass is 10.1. The van der Waals surface area contributed by atoms with E-state index in [2.05, 4.69) is 15.5 Å². The minimum absolute atomic E-state index is 0.320. The highest BCUT2D eigenvalue weighted by atomic mass is 19.2. The van der Waals surface area contributed by atoms with E-state index in [1.165, 1.54) is 6.07 Å². The fourth-order valence-electron chi connectivity index (χ4n) is 2.81. The highest BCUT2D eigenvalue weighted by Crippen LogP contribution is 2.16. The van der Waals surface area contributed by atoms with E-state index in [0.29, 0.717) is 18.2 Å². The molecule has 1 aliphatic heterocycles. The van der Waals surface area contributed by atoms with Crippen LogP contribution in [0.4, 0.5) is 13.6 Å². The van der Waals surface area contributed by atoms with Gasteiger partial charge in [-0.25, -0.2) is 13.6 Å². The summed E-state index contributed by atoms with van der Waals surface area (Å²) in [5, 5.41) is 5.51. The highest BCUT2D eigenvalue weighted by Gasteiger charge is 2.18. The Labute approximate surface area is 141 Å². The van der Waals surface area contributed by atoms with Crippen molar-refractivity contribution in [2.75, 3.05) is 33.3 Å². The average molecular weight is 341 g/mol. The van der Waals surface area contributed by atoms with Gasteiger partial charge in [-0.05, 0) is 37.5 Å². The third kappa shape index (κ3) is 5.42. The number of hydrogen-bond acceptors (Lipinski definition) is 3. The Morgan fingerprint density at radius 2 is 2.04 bits per heavy atom. The third-order valence-electron chi connectivity index (χ3n) is 4.37. The van der Waals surface area contributed by atoms with Gasteiger partial charge < -0.3 is 20.3 Å². The number of benzene rings is 1. The van der Waals surface area contributed by atoms with Crippen LogP contribution < -0.4 is 10.6 Å². The lowest BCUT2D eigenvalue weighted by molar-refractivity contribution is 0.0416. The highest BCUT2D eigenvalue weighted by molar-refractivity contribution is 5.74. The molecular weight excluding hydrogens is 316 g/mol. The Bertz CT molecular complexity index is 549. The molecule has 24 heavy (non-hydrogen) atoms. The predicted molar refractivity (Wildman–Crippen MR) is 87.8 cm³/mol. The van der Waals surface area contributed by atoms with Crippen molar-refractivity contribution in [1.29, 1.82) is 0 Å². The minimum atomic E-state index is -0.916. The first-order valence-electron chi connectivity index (χ1n) is 8.24. The number of urea groups is 1. The van der Waals surface area contributed by atoms with Crippen LogP contribution in [-0.4, -0.2) is 50.3 Å². The molecule has 0 unspecified atom stereocenters. The van der Waals surface area contributed by atoms with Gasteiger partial charge in [0.25, 0.3) is 0 Å². The lowest BCUT2D eigenvalue weighted by Crippen LogP contribution is -2.44. The molecule has 134 valence electrons. The molecule has 0 saturated carbocycles. The number of carbonyl (C=O) groups excluding carboxylic acids is 1. The lowest BCUT2D eigenvalue weighted by Gasteiger charge is -2.31. The number of carbonyl (C=O) groups is 1. The molecule has 1 saturated heterocycles. The van der Waals surface area contributed by atoms with Gasteiger partial charge in [-0.3, -0.25) is 0 Å². The van der Waals surface area contributed by atoms with E-state index < -0.39 is 17.7 Å². The largest absolute Gasteiger partial charge is 0.381 e. The molecule has 0 bridgehead atoms. The van der Waals surface area contributed by atoms with Gasteiger partial charge in [0.15, 0.2) is 11.6 Å². The van der Waals surface area contributed by atoms with E-state index in [-0.39, 0.29) is 6.03 Å². The van der Waals surface area contributed by atoms with Crippen molar-refractivity contribution in [2.24, 2.45) is 0 Å². The van der Waals surface area contributed by atoms with Crippen molar-refractivity contribution in [3.63, 3.8) is 0 Å². The van der Waals surface area contributed by atoms with Crippen LogP contribution in [0.5, 0.6) is 0 Å². The van der Waals surface area contributed by atoms with E-state index in [9.17, 15) is 13.6 Å². The third-order valence-corrected chi connectivity index (χ3v) is 4.37. The quantitative estimate of drug-likeness (QED) is 0.836. The molecule has 1 fully saturated rings. The molecule has 0 radical (unpaired) electrons. The molecule has 1 atom stereocenters. The summed E-state index contributed by atoms with van der Waals surface area (Å²) in [6.45, 7) is 4.97. The van der Waals surface area contributed by atoms with Crippen LogP contribution in [0.15, 0.2) is 18.2 Å². The molecule has 1 aliphatic rings. The van der Waals surface area contributed by atoms with Crippen molar-refractivity contribution >= 4 is 6.03 Å². The first-order valence-corrected chi connectivity index (χ1v) is 8.24. The Morgan fingerprint density at radius 3 is 2.67 bits per heavy atom. The van der Waals surface area contributed by atoms with Crippen molar-refractivity contribution in [3.8, 4) is 0 Å². The molecule has 2 N–H and O–H groups in total. The second-order valence-electron chi connectivity index (χ2n) is 6.07. The Balaban J connectivity index is 1.68.